The number of hydrogen-bond acceptors (Lipinski definition) is 2. The molecule has 0 amide bonds. The first kappa shape index (κ1) is 15.3. The van der Waals surface area contributed by atoms with Crippen LogP contribution in [0.25, 0.3) is 0 Å². The van der Waals surface area contributed by atoms with E-state index in [-0.39, 0.29) is 5.54 Å². The topological polar surface area (TPSA) is 15.3 Å². The highest BCUT2D eigenvalue weighted by Crippen LogP contribution is 2.43. The van der Waals surface area contributed by atoms with Crippen molar-refractivity contribution in [1.82, 2.24) is 10.2 Å². The predicted molar refractivity (Wildman–Crippen MR) is 89.8 cm³/mol. The molecule has 0 bridgehead atoms. The van der Waals surface area contributed by atoms with Crippen molar-refractivity contribution < 1.29 is 0 Å². The van der Waals surface area contributed by atoms with Crippen LogP contribution in [-0.4, -0.2) is 29.6 Å². The molecule has 0 aromatic heterocycles. The molecule has 3 rings (SSSR count). The molecule has 2 fully saturated rings. The fraction of sp³-hybridized carbons (Fsp3) is 0.667. The van der Waals surface area contributed by atoms with E-state index in [1.54, 1.807) is 0 Å². The van der Waals surface area contributed by atoms with Gasteiger partial charge in [0.05, 0.1) is 0 Å². The average molecular weight is 307 g/mol. The zero-order valence-electron chi connectivity index (χ0n) is 13.4. The predicted octanol–water partition coefficient (Wildman–Crippen LogP) is 4.25. The summed E-state index contributed by atoms with van der Waals surface area (Å²) in [6.07, 6.45) is 3.95. The van der Waals surface area contributed by atoms with E-state index in [1.165, 1.54) is 24.8 Å². The van der Waals surface area contributed by atoms with Gasteiger partial charge in [-0.05, 0) is 50.7 Å². The molecule has 0 spiro atoms. The number of nitrogens with one attached hydrogen (secondary N) is 1. The van der Waals surface area contributed by atoms with E-state index in [0.29, 0.717) is 12.1 Å². The zero-order valence-corrected chi connectivity index (χ0v) is 14.2. The number of benzene rings is 1. The lowest BCUT2D eigenvalue weighted by molar-refractivity contribution is 0.0419. The maximum absolute atomic E-state index is 6.43. The molecule has 1 aliphatic carbocycles. The average Bonchev–Trinajstić information content (AvgIpc) is 3.32. The van der Waals surface area contributed by atoms with Crippen molar-refractivity contribution in [3.8, 4) is 0 Å². The lowest BCUT2D eigenvalue weighted by atomic mass is 9.88. The maximum atomic E-state index is 6.43. The molecular weight excluding hydrogens is 280 g/mol. The quantitative estimate of drug-likeness (QED) is 0.894. The van der Waals surface area contributed by atoms with Crippen LogP contribution in [0.4, 0.5) is 0 Å². The van der Waals surface area contributed by atoms with E-state index in [0.717, 1.165) is 24.0 Å². The Morgan fingerprint density at radius 3 is 2.71 bits per heavy atom. The molecule has 3 unspecified atom stereocenters. The van der Waals surface area contributed by atoms with Crippen molar-refractivity contribution in [2.45, 2.75) is 57.7 Å². The fourth-order valence-corrected chi connectivity index (χ4v) is 4.14. The Kier molecular flexibility index (Phi) is 4.31. The second kappa shape index (κ2) is 5.91. The van der Waals surface area contributed by atoms with Gasteiger partial charge in [-0.1, -0.05) is 36.7 Å². The summed E-state index contributed by atoms with van der Waals surface area (Å²) in [6.45, 7) is 9.23. The van der Waals surface area contributed by atoms with Gasteiger partial charge in [-0.3, -0.25) is 4.90 Å². The van der Waals surface area contributed by atoms with Gasteiger partial charge in [-0.2, -0.15) is 0 Å². The third-order valence-electron chi connectivity index (χ3n) is 5.52. The first-order valence-electron chi connectivity index (χ1n) is 8.30. The highest BCUT2D eigenvalue weighted by atomic mass is 35.5. The van der Waals surface area contributed by atoms with E-state index in [1.807, 2.05) is 12.1 Å². The van der Waals surface area contributed by atoms with Crippen LogP contribution in [0.2, 0.25) is 5.02 Å². The van der Waals surface area contributed by atoms with Crippen molar-refractivity contribution >= 4 is 11.6 Å². The SMILES string of the molecule is CCC1CNC(C)(C2CC2)CN1C(C)c1ccccc1Cl. The Morgan fingerprint density at radius 1 is 1.38 bits per heavy atom. The zero-order chi connectivity index (χ0) is 15.0. The molecule has 1 aromatic rings. The monoisotopic (exact) mass is 306 g/mol. The first-order valence-corrected chi connectivity index (χ1v) is 8.68. The van der Waals surface area contributed by atoms with Crippen molar-refractivity contribution in [3.05, 3.63) is 34.9 Å². The maximum Gasteiger partial charge on any atom is 0.0453 e. The molecule has 1 saturated heterocycles. The number of piperazine rings is 1. The van der Waals surface area contributed by atoms with Crippen LogP contribution >= 0.6 is 11.6 Å². The van der Waals surface area contributed by atoms with E-state index in [9.17, 15) is 0 Å². The van der Waals surface area contributed by atoms with Crippen LogP contribution in [0.5, 0.6) is 0 Å². The number of halogens is 1. The van der Waals surface area contributed by atoms with E-state index in [2.05, 4.69) is 43.1 Å². The van der Waals surface area contributed by atoms with Crippen LogP contribution in [0.3, 0.4) is 0 Å². The van der Waals surface area contributed by atoms with Gasteiger partial charge in [0.15, 0.2) is 0 Å². The Balaban J connectivity index is 1.84. The summed E-state index contributed by atoms with van der Waals surface area (Å²) in [5.74, 6) is 0.858. The molecule has 1 aliphatic heterocycles. The third-order valence-corrected chi connectivity index (χ3v) is 5.87. The van der Waals surface area contributed by atoms with Gasteiger partial charge in [0, 0.05) is 35.7 Å². The molecule has 1 saturated carbocycles. The normalized spacial score (nSPS) is 32.1. The van der Waals surface area contributed by atoms with Crippen molar-refractivity contribution in [3.63, 3.8) is 0 Å². The van der Waals surface area contributed by atoms with Crippen LogP contribution in [0.15, 0.2) is 24.3 Å². The Morgan fingerprint density at radius 2 is 2.10 bits per heavy atom. The molecule has 3 atom stereocenters. The summed E-state index contributed by atoms with van der Waals surface area (Å²) in [4.78, 5) is 2.68. The van der Waals surface area contributed by atoms with E-state index < -0.39 is 0 Å². The minimum Gasteiger partial charge on any atom is -0.308 e. The van der Waals surface area contributed by atoms with Gasteiger partial charge in [-0.25, -0.2) is 0 Å². The van der Waals surface area contributed by atoms with Gasteiger partial charge < -0.3 is 5.32 Å². The first-order chi connectivity index (χ1) is 10.0. The molecule has 116 valence electrons. The minimum absolute atomic E-state index is 0.279. The number of rotatable bonds is 4. The highest BCUT2D eigenvalue weighted by Gasteiger charge is 2.46. The summed E-state index contributed by atoms with van der Waals surface area (Å²) in [7, 11) is 0. The molecular formula is C18H27ClN2. The van der Waals surface area contributed by atoms with Crippen LogP contribution < -0.4 is 5.32 Å². The summed E-state index contributed by atoms with van der Waals surface area (Å²) >= 11 is 6.43. The van der Waals surface area contributed by atoms with E-state index in [4.69, 9.17) is 11.6 Å². The summed E-state index contributed by atoms with van der Waals surface area (Å²) in [5.41, 5.74) is 1.54. The van der Waals surface area contributed by atoms with Crippen molar-refractivity contribution in [1.29, 1.82) is 0 Å². The Hall–Kier alpha value is -0.570. The second-order valence-corrected chi connectivity index (χ2v) is 7.41. The summed E-state index contributed by atoms with van der Waals surface area (Å²) in [6, 6.07) is 9.28. The second-order valence-electron chi connectivity index (χ2n) is 7.00. The Bertz CT molecular complexity index is 500. The largest absolute Gasteiger partial charge is 0.308 e. The van der Waals surface area contributed by atoms with Crippen molar-refractivity contribution in [2.24, 2.45) is 5.92 Å². The molecule has 0 radical (unpaired) electrons. The molecule has 1 aromatic carbocycles. The van der Waals surface area contributed by atoms with E-state index >= 15 is 0 Å². The summed E-state index contributed by atoms with van der Waals surface area (Å²) < 4.78 is 0. The van der Waals surface area contributed by atoms with Gasteiger partial charge in [0.2, 0.25) is 0 Å². The smallest absolute Gasteiger partial charge is 0.0453 e. The van der Waals surface area contributed by atoms with Gasteiger partial charge in [0.25, 0.3) is 0 Å². The van der Waals surface area contributed by atoms with Crippen LogP contribution in [-0.2, 0) is 0 Å². The molecule has 2 nitrogen and oxygen atoms in total. The Labute approximate surface area is 133 Å². The molecule has 1 heterocycles. The van der Waals surface area contributed by atoms with Gasteiger partial charge in [0.1, 0.15) is 0 Å². The molecule has 3 heteroatoms. The summed E-state index contributed by atoms with van der Waals surface area (Å²) in [5, 5.41) is 4.73. The number of hydrogen-bond donors (Lipinski definition) is 1. The lowest BCUT2D eigenvalue weighted by Crippen LogP contribution is -2.64. The fourth-order valence-electron chi connectivity index (χ4n) is 3.85. The van der Waals surface area contributed by atoms with Gasteiger partial charge >= 0.3 is 0 Å². The minimum atomic E-state index is 0.279. The lowest BCUT2D eigenvalue weighted by Gasteiger charge is -2.49. The molecule has 21 heavy (non-hydrogen) atoms. The molecule has 2 aliphatic rings. The standard InChI is InChI=1S/C18H27ClN2/c1-4-15-11-20-18(3,14-9-10-14)12-21(15)13(2)16-7-5-6-8-17(16)19/h5-8,13-15,20H,4,9-12H2,1-3H3. The molecule has 1 N–H and O–H groups in total. The van der Waals surface area contributed by atoms with Crippen LogP contribution in [0, 0.1) is 5.92 Å². The highest BCUT2D eigenvalue weighted by molar-refractivity contribution is 6.31. The van der Waals surface area contributed by atoms with Crippen LogP contribution in [0.1, 0.15) is 51.6 Å². The van der Waals surface area contributed by atoms with Gasteiger partial charge in [-0.15, -0.1) is 0 Å². The van der Waals surface area contributed by atoms with Crippen molar-refractivity contribution in [2.75, 3.05) is 13.1 Å². The third kappa shape index (κ3) is 2.99. The number of nitrogens with zero attached hydrogens (tertiary/aromatic N) is 1.